The lowest BCUT2D eigenvalue weighted by Crippen LogP contribution is -2.56. The van der Waals surface area contributed by atoms with E-state index in [-0.39, 0.29) is 40.6 Å². The Balaban J connectivity index is 1.22. The number of phenolic OH excluding ortho intramolecular Hbond substituents is 1. The molecule has 2 aromatic carbocycles. The van der Waals surface area contributed by atoms with Crippen LogP contribution in [0.1, 0.15) is 38.5 Å². The molecule has 0 aliphatic carbocycles. The van der Waals surface area contributed by atoms with Crippen molar-refractivity contribution in [2.24, 2.45) is 0 Å². The van der Waals surface area contributed by atoms with Crippen LogP contribution in [0.25, 0.3) is 32.9 Å². The molecule has 0 radical (unpaired) electrons. The highest BCUT2D eigenvalue weighted by Gasteiger charge is 2.47. The van der Waals surface area contributed by atoms with E-state index in [0.717, 1.165) is 49.5 Å². The standard InChI is InChI=1S/C33H34F4N6O2/c34-27-28(25-14-23(44)13-20-5-1-2-6-24(20)25)38-15-26-29(27)39-31(45-19-32-9-3-11-42(32)12-4-10-32)40-30(26)41-16-21-7-8-22(17-41)43(21)18-33(35,36)37/h1-2,5-6,13-15,21-22,44H,3-4,7-12,16-19H2. The number of alkyl halides is 3. The summed E-state index contributed by atoms with van der Waals surface area (Å²) in [5.74, 6) is -0.261. The minimum atomic E-state index is -4.28. The Morgan fingerprint density at radius 1 is 0.978 bits per heavy atom. The van der Waals surface area contributed by atoms with Crippen LogP contribution in [0.3, 0.4) is 0 Å². The molecule has 4 fully saturated rings. The van der Waals surface area contributed by atoms with Gasteiger partial charge in [0.25, 0.3) is 0 Å². The normalized spacial score (nSPS) is 23.3. The number of phenols is 1. The Bertz CT molecular complexity index is 1760. The zero-order valence-electron chi connectivity index (χ0n) is 24.7. The molecule has 2 unspecified atom stereocenters. The third-order valence-corrected chi connectivity index (χ3v) is 10.3. The van der Waals surface area contributed by atoms with E-state index >= 15 is 4.39 Å². The molecule has 4 saturated heterocycles. The molecule has 8 rings (SSSR count). The van der Waals surface area contributed by atoms with Gasteiger partial charge in [0, 0.05) is 36.9 Å². The van der Waals surface area contributed by atoms with E-state index in [4.69, 9.17) is 9.72 Å². The molecule has 12 heteroatoms. The van der Waals surface area contributed by atoms with Crippen molar-refractivity contribution in [2.45, 2.75) is 62.3 Å². The molecule has 236 valence electrons. The fourth-order valence-electron chi connectivity index (χ4n) is 8.29. The average molecular weight is 623 g/mol. The van der Waals surface area contributed by atoms with Gasteiger partial charge in [-0.1, -0.05) is 24.3 Å². The second-order valence-electron chi connectivity index (χ2n) is 13.0. The summed E-state index contributed by atoms with van der Waals surface area (Å²) < 4.78 is 63.1. The Hall–Kier alpha value is -3.77. The van der Waals surface area contributed by atoms with Gasteiger partial charge >= 0.3 is 12.2 Å². The van der Waals surface area contributed by atoms with Gasteiger partial charge in [-0.3, -0.25) is 14.8 Å². The molecule has 8 nitrogen and oxygen atoms in total. The highest BCUT2D eigenvalue weighted by Crippen LogP contribution is 2.41. The highest BCUT2D eigenvalue weighted by molar-refractivity contribution is 5.99. The molecule has 0 saturated carbocycles. The van der Waals surface area contributed by atoms with E-state index in [1.807, 2.05) is 29.2 Å². The first-order chi connectivity index (χ1) is 21.7. The maximum atomic E-state index is 16.7. The first-order valence-corrected chi connectivity index (χ1v) is 15.7. The van der Waals surface area contributed by atoms with Crippen molar-refractivity contribution < 1.29 is 27.4 Å². The van der Waals surface area contributed by atoms with Crippen LogP contribution in [0.5, 0.6) is 11.8 Å². The highest BCUT2D eigenvalue weighted by atomic mass is 19.4. The van der Waals surface area contributed by atoms with Gasteiger partial charge in [0.2, 0.25) is 0 Å². The van der Waals surface area contributed by atoms with Gasteiger partial charge in [0.1, 0.15) is 29.4 Å². The van der Waals surface area contributed by atoms with Crippen molar-refractivity contribution in [3.8, 4) is 23.0 Å². The van der Waals surface area contributed by atoms with Gasteiger partial charge in [0.15, 0.2) is 5.82 Å². The zero-order valence-corrected chi connectivity index (χ0v) is 24.7. The fourth-order valence-corrected chi connectivity index (χ4v) is 8.29. The number of halogens is 4. The van der Waals surface area contributed by atoms with Crippen LogP contribution in [0.4, 0.5) is 23.4 Å². The van der Waals surface area contributed by atoms with E-state index in [2.05, 4.69) is 14.9 Å². The quantitative estimate of drug-likeness (QED) is 0.266. The molecule has 45 heavy (non-hydrogen) atoms. The average Bonchev–Trinajstić information content (AvgIpc) is 3.64. The van der Waals surface area contributed by atoms with Crippen LogP contribution >= 0.6 is 0 Å². The topological polar surface area (TPSA) is 77.9 Å². The number of aromatic nitrogens is 3. The van der Waals surface area contributed by atoms with Crippen molar-refractivity contribution in [2.75, 3.05) is 44.2 Å². The Labute approximate surface area is 257 Å². The number of aromatic hydroxyl groups is 1. The minimum absolute atomic E-state index is 0.0125. The molecule has 6 heterocycles. The number of piperazine rings is 1. The van der Waals surface area contributed by atoms with Crippen LogP contribution < -0.4 is 9.64 Å². The fraction of sp³-hybridized carbons (Fsp3) is 0.485. The molecule has 4 aliphatic rings. The zero-order chi connectivity index (χ0) is 30.9. The molecular weight excluding hydrogens is 588 g/mol. The molecule has 4 aromatic rings. The minimum Gasteiger partial charge on any atom is -0.508 e. The summed E-state index contributed by atoms with van der Waals surface area (Å²) in [6, 6.07) is 9.94. The number of rotatable bonds is 6. The molecular formula is C33H34F4N6O2. The molecule has 0 amide bonds. The SMILES string of the molecule is Oc1cc(-c2ncc3c(N4CC5CCC(C4)N5CC(F)(F)F)nc(OCC45CCCN4CCC5)nc3c2F)c2ccccc2c1. The maximum absolute atomic E-state index is 16.7. The molecule has 1 N–H and O–H groups in total. The number of hydrogen-bond acceptors (Lipinski definition) is 8. The largest absolute Gasteiger partial charge is 0.508 e. The Morgan fingerprint density at radius 2 is 1.71 bits per heavy atom. The van der Waals surface area contributed by atoms with Crippen LogP contribution in [-0.2, 0) is 0 Å². The van der Waals surface area contributed by atoms with Gasteiger partial charge in [-0.2, -0.15) is 23.1 Å². The number of nitrogens with zero attached hydrogens (tertiary/aromatic N) is 6. The van der Waals surface area contributed by atoms with Gasteiger partial charge in [-0.05, 0) is 74.5 Å². The van der Waals surface area contributed by atoms with E-state index in [0.29, 0.717) is 49.3 Å². The number of benzene rings is 2. The van der Waals surface area contributed by atoms with Crippen molar-refractivity contribution in [1.82, 2.24) is 24.8 Å². The second-order valence-corrected chi connectivity index (χ2v) is 13.0. The maximum Gasteiger partial charge on any atom is 0.401 e. The first kappa shape index (κ1) is 28.7. The summed E-state index contributed by atoms with van der Waals surface area (Å²) in [4.78, 5) is 19.9. The predicted molar refractivity (Wildman–Crippen MR) is 162 cm³/mol. The number of anilines is 1. The monoisotopic (exact) mass is 622 g/mol. The lowest BCUT2D eigenvalue weighted by atomic mass is 9.95. The number of fused-ring (bicyclic) bond motifs is 5. The Morgan fingerprint density at radius 3 is 2.44 bits per heavy atom. The van der Waals surface area contributed by atoms with E-state index < -0.39 is 18.5 Å². The number of hydrogen-bond donors (Lipinski definition) is 1. The van der Waals surface area contributed by atoms with Gasteiger partial charge in [-0.15, -0.1) is 0 Å². The number of ether oxygens (including phenoxy) is 1. The van der Waals surface area contributed by atoms with Crippen LogP contribution in [0.2, 0.25) is 0 Å². The summed E-state index contributed by atoms with van der Waals surface area (Å²) >= 11 is 0. The van der Waals surface area contributed by atoms with Crippen molar-refractivity contribution >= 4 is 27.5 Å². The lowest BCUT2D eigenvalue weighted by molar-refractivity contribution is -0.153. The predicted octanol–water partition coefficient (Wildman–Crippen LogP) is 5.91. The summed E-state index contributed by atoms with van der Waals surface area (Å²) in [7, 11) is 0. The Kier molecular flexibility index (Phi) is 6.79. The van der Waals surface area contributed by atoms with Crippen LogP contribution in [-0.4, -0.2) is 93.0 Å². The number of pyridine rings is 1. The third-order valence-electron chi connectivity index (χ3n) is 10.3. The van der Waals surface area contributed by atoms with Gasteiger partial charge in [-0.25, -0.2) is 4.39 Å². The summed E-state index contributed by atoms with van der Waals surface area (Å²) in [5.41, 5.74) is 0.419. The molecule has 2 bridgehead atoms. The molecule has 4 aliphatic heterocycles. The third kappa shape index (κ3) is 5.02. The summed E-state index contributed by atoms with van der Waals surface area (Å²) in [6.45, 7) is 2.16. The van der Waals surface area contributed by atoms with Gasteiger partial charge in [0.05, 0.1) is 17.5 Å². The summed E-state index contributed by atoms with van der Waals surface area (Å²) in [6.07, 6.45) is 2.80. The first-order valence-electron chi connectivity index (χ1n) is 15.7. The van der Waals surface area contributed by atoms with E-state index in [9.17, 15) is 18.3 Å². The van der Waals surface area contributed by atoms with E-state index in [1.165, 1.54) is 12.3 Å². The molecule has 2 atom stereocenters. The molecule has 0 spiro atoms. The summed E-state index contributed by atoms with van der Waals surface area (Å²) in [5, 5.41) is 12.3. The molecule has 2 aromatic heterocycles. The second kappa shape index (κ2) is 10.7. The van der Waals surface area contributed by atoms with Gasteiger partial charge < -0.3 is 14.7 Å². The van der Waals surface area contributed by atoms with Crippen molar-refractivity contribution in [3.63, 3.8) is 0 Å². The smallest absolute Gasteiger partial charge is 0.401 e. The van der Waals surface area contributed by atoms with Crippen molar-refractivity contribution in [1.29, 1.82) is 0 Å². The van der Waals surface area contributed by atoms with Crippen LogP contribution in [0, 0.1) is 5.82 Å². The van der Waals surface area contributed by atoms with E-state index in [1.54, 1.807) is 11.0 Å². The lowest BCUT2D eigenvalue weighted by Gasteiger charge is -2.42. The van der Waals surface area contributed by atoms with Crippen molar-refractivity contribution in [3.05, 3.63) is 48.4 Å². The van der Waals surface area contributed by atoms with Crippen LogP contribution in [0.15, 0.2) is 42.6 Å².